The van der Waals surface area contributed by atoms with Crippen LogP contribution in [0.2, 0.25) is 0 Å². The molecule has 1 aliphatic carbocycles. The third-order valence-electron chi connectivity index (χ3n) is 6.88. The molecule has 4 rings (SSSR count). The number of piperidine rings is 1. The summed E-state index contributed by atoms with van der Waals surface area (Å²) in [6.45, 7) is 12.0. The standard InChI is InChI=1S/C23H39N7O2/c1-17-18(2)32-22(26-17)16-28-8-6-19(7-9-28)14-25-23(24-3)30-12-10-29(11-13-30)15-21(31)27-20-4-5-20/h19-20H,4-16H2,1-3H3,(H,24,25)(H,27,31). The number of aromatic nitrogens is 1. The molecule has 9 heteroatoms. The van der Waals surface area contributed by atoms with Crippen LogP contribution in [0, 0.1) is 19.8 Å². The number of nitrogens with one attached hydrogen (secondary N) is 2. The number of carbonyl (C=O) groups is 1. The third-order valence-corrected chi connectivity index (χ3v) is 6.88. The lowest BCUT2D eigenvalue weighted by atomic mass is 9.97. The molecule has 1 aromatic rings. The Balaban J connectivity index is 1.13. The van der Waals surface area contributed by atoms with Crippen molar-refractivity contribution >= 4 is 11.9 Å². The van der Waals surface area contributed by atoms with E-state index in [0.29, 0.717) is 18.5 Å². The second-order valence-corrected chi connectivity index (χ2v) is 9.50. The second-order valence-electron chi connectivity index (χ2n) is 9.50. The normalized spacial score (nSPS) is 21.7. The van der Waals surface area contributed by atoms with E-state index >= 15 is 0 Å². The Labute approximate surface area is 191 Å². The number of oxazole rings is 1. The largest absolute Gasteiger partial charge is 0.444 e. The number of carbonyl (C=O) groups excluding carboxylic acids is 1. The van der Waals surface area contributed by atoms with E-state index in [1.54, 1.807) is 0 Å². The maximum atomic E-state index is 12.0. The zero-order valence-electron chi connectivity index (χ0n) is 19.9. The monoisotopic (exact) mass is 445 g/mol. The molecule has 0 bridgehead atoms. The van der Waals surface area contributed by atoms with Crippen LogP contribution in [0.25, 0.3) is 0 Å². The smallest absolute Gasteiger partial charge is 0.234 e. The fourth-order valence-corrected chi connectivity index (χ4v) is 4.54. The predicted molar refractivity (Wildman–Crippen MR) is 125 cm³/mol. The molecule has 1 saturated carbocycles. The summed E-state index contributed by atoms with van der Waals surface area (Å²) < 4.78 is 5.74. The Hall–Kier alpha value is -2.13. The van der Waals surface area contributed by atoms with E-state index in [2.05, 4.69) is 35.3 Å². The molecular weight excluding hydrogens is 406 g/mol. The van der Waals surface area contributed by atoms with Gasteiger partial charge in [-0.25, -0.2) is 4.98 Å². The first-order chi connectivity index (χ1) is 15.5. The molecule has 0 spiro atoms. The van der Waals surface area contributed by atoms with Gasteiger partial charge in [0.15, 0.2) is 5.96 Å². The van der Waals surface area contributed by atoms with Gasteiger partial charge in [-0.15, -0.1) is 0 Å². The van der Waals surface area contributed by atoms with E-state index in [4.69, 9.17) is 4.42 Å². The number of amides is 1. The first-order valence-corrected chi connectivity index (χ1v) is 12.1. The van der Waals surface area contributed by atoms with Gasteiger partial charge in [0.2, 0.25) is 11.8 Å². The summed E-state index contributed by atoms with van der Waals surface area (Å²) >= 11 is 0. The lowest BCUT2D eigenvalue weighted by molar-refractivity contribution is -0.122. The van der Waals surface area contributed by atoms with Gasteiger partial charge in [-0.3, -0.25) is 19.6 Å². The molecule has 2 aliphatic heterocycles. The molecule has 2 saturated heterocycles. The van der Waals surface area contributed by atoms with Crippen LogP contribution in [0.1, 0.15) is 43.0 Å². The van der Waals surface area contributed by atoms with Crippen LogP contribution in [0.5, 0.6) is 0 Å². The van der Waals surface area contributed by atoms with Crippen molar-refractivity contribution in [3.05, 3.63) is 17.3 Å². The van der Waals surface area contributed by atoms with E-state index in [1.807, 2.05) is 20.9 Å². The maximum Gasteiger partial charge on any atom is 0.234 e. The molecular formula is C23H39N7O2. The molecule has 32 heavy (non-hydrogen) atoms. The average molecular weight is 446 g/mol. The summed E-state index contributed by atoms with van der Waals surface area (Å²) in [6, 6.07) is 0.439. The molecule has 0 radical (unpaired) electrons. The summed E-state index contributed by atoms with van der Waals surface area (Å²) in [5, 5.41) is 6.68. The van der Waals surface area contributed by atoms with Gasteiger partial charge in [-0.2, -0.15) is 0 Å². The van der Waals surface area contributed by atoms with Gasteiger partial charge < -0.3 is 20.0 Å². The number of likely N-dealkylation sites (tertiary alicyclic amines) is 1. The van der Waals surface area contributed by atoms with E-state index in [0.717, 1.165) is 88.5 Å². The van der Waals surface area contributed by atoms with E-state index < -0.39 is 0 Å². The topological polar surface area (TPSA) is 89.2 Å². The van der Waals surface area contributed by atoms with Crippen LogP contribution in [0.15, 0.2) is 9.41 Å². The lowest BCUT2D eigenvalue weighted by Gasteiger charge is -2.37. The Bertz CT molecular complexity index is 769. The van der Waals surface area contributed by atoms with E-state index in [1.165, 1.54) is 12.8 Å². The van der Waals surface area contributed by atoms with Crippen molar-refractivity contribution in [2.75, 3.05) is 59.4 Å². The number of hydrogen-bond acceptors (Lipinski definition) is 6. The molecule has 1 amide bonds. The number of nitrogens with zero attached hydrogens (tertiary/aromatic N) is 5. The van der Waals surface area contributed by atoms with Crippen molar-refractivity contribution in [3.8, 4) is 0 Å². The number of aryl methyl sites for hydroxylation is 2. The Morgan fingerprint density at radius 1 is 1.06 bits per heavy atom. The Morgan fingerprint density at radius 2 is 1.78 bits per heavy atom. The molecule has 2 N–H and O–H groups in total. The highest BCUT2D eigenvalue weighted by molar-refractivity contribution is 5.80. The highest BCUT2D eigenvalue weighted by Crippen LogP contribution is 2.20. The Kier molecular flexibility index (Phi) is 7.67. The molecule has 3 heterocycles. The minimum absolute atomic E-state index is 0.169. The van der Waals surface area contributed by atoms with Crippen molar-refractivity contribution in [1.29, 1.82) is 0 Å². The zero-order valence-corrected chi connectivity index (χ0v) is 19.9. The number of rotatable bonds is 7. The fourth-order valence-electron chi connectivity index (χ4n) is 4.54. The SMILES string of the molecule is CN=C(NCC1CCN(Cc2nc(C)c(C)o2)CC1)N1CCN(CC(=O)NC2CC2)CC1. The fraction of sp³-hybridized carbons (Fsp3) is 0.783. The summed E-state index contributed by atoms with van der Waals surface area (Å²) in [4.78, 5) is 28.1. The van der Waals surface area contributed by atoms with Crippen molar-refractivity contribution in [3.63, 3.8) is 0 Å². The highest BCUT2D eigenvalue weighted by atomic mass is 16.4. The quantitative estimate of drug-likeness (QED) is 0.478. The minimum Gasteiger partial charge on any atom is -0.444 e. The number of aliphatic imine (C=N–C) groups is 1. The van der Waals surface area contributed by atoms with Gasteiger partial charge in [0, 0.05) is 45.8 Å². The summed E-state index contributed by atoms with van der Waals surface area (Å²) in [7, 11) is 1.86. The van der Waals surface area contributed by atoms with Crippen LogP contribution in [0.3, 0.4) is 0 Å². The van der Waals surface area contributed by atoms with Crippen LogP contribution < -0.4 is 10.6 Å². The third kappa shape index (κ3) is 6.45. The van der Waals surface area contributed by atoms with Crippen LogP contribution >= 0.6 is 0 Å². The van der Waals surface area contributed by atoms with Gasteiger partial charge in [0.05, 0.1) is 18.8 Å². The molecule has 0 aromatic carbocycles. The lowest BCUT2D eigenvalue weighted by Crippen LogP contribution is -2.54. The van der Waals surface area contributed by atoms with E-state index in [-0.39, 0.29) is 5.91 Å². The summed E-state index contributed by atoms with van der Waals surface area (Å²) in [6.07, 6.45) is 4.63. The zero-order chi connectivity index (χ0) is 22.5. The molecule has 0 atom stereocenters. The molecule has 9 nitrogen and oxygen atoms in total. The summed E-state index contributed by atoms with van der Waals surface area (Å²) in [5.74, 6) is 3.57. The van der Waals surface area contributed by atoms with Crippen LogP contribution in [-0.2, 0) is 11.3 Å². The minimum atomic E-state index is 0.169. The average Bonchev–Trinajstić information content (AvgIpc) is 3.54. The number of piperazine rings is 1. The molecule has 178 valence electrons. The molecule has 3 aliphatic rings. The first-order valence-electron chi connectivity index (χ1n) is 12.1. The second kappa shape index (κ2) is 10.7. The number of hydrogen-bond donors (Lipinski definition) is 2. The first kappa shape index (κ1) is 23.0. The highest BCUT2D eigenvalue weighted by Gasteiger charge is 2.26. The van der Waals surface area contributed by atoms with Crippen LogP contribution in [-0.4, -0.2) is 97.0 Å². The van der Waals surface area contributed by atoms with Gasteiger partial charge in [-0.1, -0.05) is 0 Å². The predicted octanol–water partition coefficient (Wildman–Crippen LogP) is 0.975. The van der Waals surface area contributed by atoms with Gasteiger partial charge in [-0.05, 0) is 58.5 Å². The maximum absolute atomic E-state index is 12.0. The number of guanidine groups is 1. The molecule has 3 fully saturated rings. The molecule has 0 unspecified atom stereocenters. The van der Waals surface area contributed by atoms with Gasteiger partial charge in [0.1, 0.15) is 5.76 Å². The Morgan fingerprint density at radius 3 is 2.38 bits per heavy atom. The molecule has 1 aromatic heterocycles. The van der Waals surface area contributed by atoms with Crippen molar-refractivity contribution < 1.29 is 9.21 Å². The van der Waals surface area contributed by atoms with Crippen molar-refractivity contribution in [2.45, 2.75) is 52.1 Å². The van der Waals surface area contributed by atoms with E-state index in [9.17, 15) is 4.79 Å². The summed E-state index contributed by atoms with van der Waals surface area (Å²) in [5.41, 5.74) is 0.993. The van der Waals surface area contributed by atoms with Gasteiger partial charge in [0.25, 0.3) is 0 Å². The van der Waals surface area contributed by atoms with Crippen molar-refractivity contribution in [2.24, 2.45) is 10.9 Å². The van der Waals surface area contributed by atoms with Crippen molar-refractivity contribution in [1.82, 2.24) is 30.3 Å². The van der Waals surface area contributed by atoms with Crippen LogP contribution in [0.4, 0.5) is 0 Å². The van der Waals surface area contributed by atoms with Gasteiger partial charge >= 0.3 is 0 Å².